The molecule has 166 valence electrons. The van der Waals surface area contributed by atoms with Crippen LogP contribution in [0.5, 0.6) is 11.5 Å². The Balaban J connectivity index is 1.33. The molecule has 3 heterocycles. The van der Waals surface area contributed by atoms with E-state index in [0.29, 0.717) is 28.5 Å². The van der Waals surface area contributed by atoms with E-state index >= 15 is 0 Å². The van der Waals surface area contributed by atoms with E-state index in [9.17, 15) is 14.4 Å². The maximum Gasteiger partial charge on any atom is 0.293 e. The van der Waals surface area contributed by atoms with Crippen molar-refractivity contribution in [3.05, 3.63) is 28.7 Å². The Kier molecular flexibility index (Phi) is 6.24. The van der Waals surface area contributed by atoms with Crippen molar-refractivity contribution in [2.24, 2.45) is 0 Å². The van der Waals surface area contributed by atoms with Crippen LogP contribution in [0.3, 0.4) is 0 Å². The zero-order chi connectivity index (χ0) is 22.1. The lowest BCUT2D eigenvalue weighted by Crippen LogP contribution is -2.50. The molecule has 8 nitrogen and oxygen atoms in total. The summed E-state index contributed by atoms with van der Waals surface area (Å²) in [6, 6.07) is 5.86. The Labute approximate surface area is 185 Å². The van der Waals surface area contributed by atoms with Gasteiger partial charge in [-0.25, -0.2) is 0 Å². The molecule has 0 unspecified atom stereocenters. The van der Waals surface area contributed by atoms with E-state index in [1.54, 1.807) is 18.2 Å². The number of thioether (sulfide) groups is 1. The summed E-state index contributed by atoms with van der Waals surface area (Å²) in [5, 5.41) is 2.54. The van der Waals surface area contributed by atoms with Gasteiger partial charge in [0, 0.05) is 25.2 Å². The van der Waals surface area contributed by atoms with Crippen LogP contribution < -0.4 is 14.8 Å². The van der Waals surface area contributed by atoms with Gasteiger partial charge >= 0.3 is 0 Å². The van der Waals surface area contributed by atoms with Crippen LogP contribution in [0.4, 0.5) is 4.79 Å². The van der Waals surface area contributed by atoms with Crippen LogP contribution in [0, 0.1) is 0 Å². The van der Waals surface area contributed by atoms with Crippen molar-refractivity contribution in [3.63, 3.8) is 0 Å². The molecule has 0 spiro atoms. The van der Waals surface area contributed by atoms with Gasteiger partial charge in [0.1, 0.15) is 0 Å². The van der Waals surface area contributed by atoms with Crippen molar-refractivity contribution in [2.75, 3.05) is 19.9 Å². The number of nitrogens with one attached hydrogen (secondary N) is 1. The molecule has 3 aliphatic rings. The van der Waals surface area contributed by atoms with E-state index in [0.717, 1.165) is 30.2 Å². The van der Waals surface area contributed by atoms with E-state index in [1.165, 1.54) is 4.90 Å². The van der Waals surface area contributed by atoms with E-state index in [1.807, 2.05) is 13.0 Å². The summed E-state index contributed by atoms with van der Waals surface area (Å²) < 4.78 is 10.6. The number of ether oxygens (including phenoxy) is 2. The minimum Gasteiger partial charge on any atom is -0.454 e. The molecule has 3 atom stereocenters. The number of hydrogen-bond donors (Lipinski definition) is 1. The van der Waals surface area contributed by atoms with Gasteiger partial charge in [-0.15, -0.1) is 0 Å². The van der Waals surface area contributed by atoms with Gasteiger partial charge in [0.15, 0.2) is 11.5 Å². The van der Waals surface area contributed by atoms with Gasteiger partial charge in [-0.1, -0.05) is 6.07 Å². The number of carbonyl (C=O) groups excluding carboxylic acids is 3. The third-order valence-corrected chi connectivity index (χ3v) is 6.96. The Bertz CT molecular complexity index is 924. The summed E-state index contributed by atoms with van der Waals surface area (Å²) in [4.78, 5) is 41.4. The molecule has 0 aliphatic carbocycles. The van der Waals surface area contributed by atoms with Crippen LogP contribution in [0.1, 0.15) is 39.2 Å². The van der Waals surface area contributed by atoms with Crippen LogP contribution in [0.25, 0.3) is 6.08 Å². The second-order valence-corrected chi connectivity index (χ2v) is 9.13. The van der Waals surface area contributed by atoms with Crippen molar-refractivity contribution in [2.45, 2.75) is 51.7 Å². The molecule has 3 amide bonds. The number of likely N-dealkylation sites (tertiary alicyclic amines) is 1. The molecule has 0 bridgehead atoms. The topological polar surface area (TPSA) is 88.2 Å². The highest BCUT2D eigenvalue weighted by Crippen LogP contribution is 2.36. The largest absolute Gasteiger partial charge is 0.454 e. The fraction of sp³-hybridized carbons (Fsp3) is 0.500. The number of carbonyl (C=O) groups is 3. The van der Waals surface area contributed by atoms with E-state index in [2.05, 4.69) is 24.1 Å². The first-order chi connectivity index (χ1) is 14.8. The smallest absolute Gasteiger partial charge is 0.293 e. The lowest BCUT2D eigenvalue weighted by molar-refractivity contribution is -0.127. The maximum atomic E-state index is 12.7. The monoisotopic (exact) mass is 445 g/mol. The predicted molar refractivity (Wildman–Crippen MR) is 118 cm³/mol. The highest BCUT2D eigenvalue weighted by Gasteiger charge is 2.36. The number of nitrogens with zero attached hydrogens (tertiary/aromatic N) is 2. The Morgan fingerprint density at radius 2 is 1.94 bits per heavy atom. The average Bonchev–Trinajstić information content (AvgIpc) is 3.41. The lowest BCUT2D eigenvalue weighted by atomic mass is 10.2. The molecule has 4 rings (SSSR count). The molecule has 1 aromatic carbocycles. The zero-order valence-electron chi connectivity index (χ0n) is 17.9. The number of benzene rings is 1. The molecule has 1 aromatic rings. The lowest BCUT2D eigenvalue weighted by Gasteiger charge is -2.31. The summed E-state index contributed by atoms with van der Waals surface area (Å²) in [7, 11) is 0. The summed E-state index contributed by atoms with van der Waals surface area (Å²) >= 11 is 0.902. The van der Waals surface area contributed by atoms with E-state index in [4.69, 9.17) is 9.47 Å². The Morgan fingerprint density at radius 1 is 1.23 bits per heavy atom. The Hall–Kier alpha value is -2.52. The maximum absolute atomic E-state index is 12.7. The SMILES string of the molecule is C[C@@H]1CC[C@H](C)N1[C@@H](C)C(=O)NCCN1C(=O)S/C(=C/c2ccc3c(c2)OCO3)C1=O. The average molecular weight is 446 g/mol. The van der Waals surface area contributed by atoms with Crippen molar-refractivity contribution in [1.82, 2.24) is 15.1 Å². The van der Waals surface area contributed by atoms with Crippen LogP contribution >= 0.6 is 11.8 Å². The molecule has 1 N–H and O–H groups in total. The fourth-order valence-electron chi connectivity index (χ4n) is 4.40. The second kappa shape index (κ2) is 8.92. The first-order valence-electron chi connectivity index (χ1n) is 10.6. The minimum absolute atomic E-state index is 0.0801. The molecule has 2 fully saturated rings. The van der Waals surface area contributed by atoms with Gasteiger partial charge in [-0.3, -0.25) is 24.2 Å². The molecular formula is C22H27N3O5S. The molecule has 0 radical (unpaired) electrons. The summed E-state index contributed by atoms with van der Waals surface area (Å²) in [6.45, 7) is 6.74. The van der Waals surface area contributed by atoms with Crippen LogP contribution in [0.15, 0.2) is 23.1 Å². The zero-order valence-corrected chi connectivity index (χ0v) is 18.7. The number of hydrogen-bond acceptors (Lipinski definition) is 7. The summed E-state index contributed by atoms with van der Waals surface area (Å²) in [5.74, 6) is 0.847. The molecule has 31 heavy (non-hydrogen) atoms. The molecular weight excluding hydrogens is 418 g/mol. The van der Waals surface area contributed by atoms with E-state index in [-0.39, 0.29) is 43.0 Å². The third-order valence-electron chi connectivity index (χ3n) is 6.05. The van der Waals surface area contributed by atoms with Crippen LogP contribution in [-0.2, 0) is 9.59 Å². The minimum atomic E-state index is -0.350. The number of fused-ring (bicyclic) bond motifs is 1. The van der Waals surface area contributed by atoms with Gasteiger partial charge in [0.2, 0.25) is 12.7 Å². The predicted octanol–water partition coefficient (Wildman–Crippen LogP) is 2.83. The van der Waals surface area contributed by atoms with Gasteiger partial charge in [-0.2, -0.15) is 0 Å². The second-order valence-electron chi connectivity index (χ2n) is 8.14. The van der Waals surface area contributed by atoms with Gasteiger partial charge in [0.05, 0.1) is 10.9 Å². The first kappa shape index (κ1) is 21.7. The quantitative estimate of drug-likeness (QED) is 0.674. The number of imide groups is 1. The molecule has 3 aliphatic heterocycles. The standard InChI is InChI=1S/C22H27N3O5S/c1-13-4-5-14(2)25(13)15(3)20(26)23-8-9-24-21(27)19(31-22(24)28)11-16-6-7-17-18(10-16)30-12-29-17/h6-7,10-11,13-15H,4-5,8-9,12H2,1-3H3,(H,23,26)/b19-11+/t13-,14+,15-/m0/s1. The van der Waals surface area contributed by atoms with Crippen LogP contribution in [-0.4, -0.2) is 64.9 Å². The molecule has 9 heteroatoms. The molecule has 0 saturated carbocycles. The first-order valence-corrected chi connectivity index (χ1v) is 11.4. The fourth-order valence-corrected chi connectivity index (χ4v) is 5.26. The Morgan fingerprint density at radius 3 is 2.68 bits per heavy atom. The van der Waals surface area contributed by atoms with Gasteiger partial charge < -0.3 is 14.8 Å². The van der Waals surface area contributed by atoms with Crippen LogP contribution in [0.2, 0.25) is 0 Å². The third kappa shape index (κ3) is 4.43. The van der Waals surface area contributed by atoms with E-state index < -0.39 is 0 Å². The normalized spacial score (nSPS) is 25.5. The van der Waals surface area contributed by atoms with Gasteiger partial charge in [0.25, 0.3) is 11.1 Å². The van der Waals surface area contributed by atoms with Crippen molar-refractivity contribution >= 4 is 34.9 Å². The molecule has 0 aromatic heterocycles. The number of rotatable bonds is 6. The summed E-state index contributed by atoms with van der Waals surface area (Å²) in [6.07, 6.45) is 3.85. The highest BCUT2D eigenvalue weighted by atomic mass is 32.2. The summed E-state index contributed by atoms with van der Waals surface area (Å²) in [5.41, 5.74) is 0.755. The highest BCUT2D eigenvalue weighted by molar-refractivity contribution is 8.18. The van der Waals surface area contributed by atoms with Crippen molar-refractivity contribution in [3.8, 4) is 11.5 Å². The number of amides is 3. The van der Waals surface area contributed by atoms with Crippen molar-refractivity contribution in [1.29, 1.82) is 0 Å². The molecule has 2 saturated heterocycles. The van der Waals surface area contributed by atoms with Crippen molar-refractivity contribution < 1.29 is 23.9 Å². The van der Waals surface area contributed by atoms with Gasteiger partial charge in [-0.05, 0) is 69.1 Å².